The van der Waals surface area contributed by atoms with Gasteiger partial charge in [-0.1, -0.05) is 18.2 Å². The SMILES string of the molecule is COc1ccc(C(=O)C2CCN(CC(=O)N(C)Cc3ccc4cc(OC)ccc4c3)CC2)cc1. The van der Waals surface area contributed by atoms with E-state index in [1.165, 1.54) is 0 Å². The van der Waals surface area contributed by atoms with E-state index in [-0.39, 0.29) is 17.6 Å². The lowest BCUT2D eigenvalue weighted by atomic mass is 9.89. The molecule has 0 atom stereocenters. The number of ketones is 1. The highest BCUT2D eigenvalue weighted by Gasteiger charge is 2.27. The summed E-state index contributed by atoms with van der Waals surface area (Å²) in [5.74, 6) is 1.86. The first-order chi connectivity index (χ1) is 16.5. The Labute approximate surface area is 201 Å². The predicted molar refractivity (Wildman–Crippen MR) is 133 cm³/mol. The molecule has 34 heavy (non-hydrogen) atoms. The Bertz CT molecular complexity index is 1150. The third-order valence-electron chi connectivity index (χ3n) is 6.65. The molecule has 0 unspecified atom stereocenters. The normalized spacial score (nSPS) is 14.7. The van der Waals surface area contributed by atoms with Gasteiger partial charge in [0.25, 0.3) is 0 Å². The van der Waals surface area contributed by atoms with E-state index >= 15 is 0 Å². The van der Waals surface area contributed by atoms with Crippen LogP contribution in [0.4, 0.5) is 0 Å². The molecule has 1 aliphatic rings. The first-order valence-corrected chi connectivity index (χ1v) is 11.7. The molecule has 0 saturated carbocycles. The van der Waals surface area contributed by atoms with Gasteiger partial charge in [0.05, 0.1) is 20.8 Å². The second-order valence-corrected chi connectivity index (χ2v) is 8.94. The Kier molecular flexibility index (Phi) is 7.48. The van der Waals surface area contributed by atoms with Crippen molar-refractivity contribution < 1.29 is 19.1 Å². The van der Waals surface area contributed by atoms with Crippen molar-refractivity contribution in [1.29, 1.82) is 0 Å². The van der Waals surface area contributed by atoms with Gasteiger partial charge < -0.3 is 14.4 Å². The van der Waals surface area contributed by atoms with Crippen LogP contribution in [-0.2, 0) is 11.3 Å². The molecule has 1 amide bonds. The van der Waals surface area contributed by atoms with Gasteiger partial charge in [-0.3, -0.25) is 14.5 Å². The number of rotatable bonds is 8. The largest absolute Gasteiger partial charge is 0.497 e. The molecular weight excluding hydrogens is 428 g/mol. The van der Waals surface area contributed by atoms with E-state index < -0.39 is 0 Å². The van der Waals surface area contributed by atoms with E-state index in [2.05, 4.69) is 23.1 Å². The van der Waals surface area contributed by atoms with Crippen LogP contribution in [0, 0.1) is 5.92 Å². The van der Waals surface area contributed by atoms with Gasteiger partial charge in [-0.2, -0.15) is 0 Å². The lowest BCUT2D eigenvalue weighted by Crippen LogP contribution is -2.43. The number of piperidine rings is 1. The van der Waals surface area contributed by atoms with Gasteiger partial charge in [0.2, 0.25) is 5.91 Å². The molecule has 0 aromatic heterocycles. The number of nitrogens with zero attached hydrogens (tertiary/aromatic N) is 2. The summed E-state index contributed by atoms with van der Waals surface area (Å²) in [5, 5.41) is 2.24. The molecule has 0 radical (unpaired) electrons. The molecule has 6 nitrogen and oxygen atoms in total. The molecular formula is C28H32N2O4. The Hall–Kier alpha value is -3.38. The fraction of sp³-hybridized carbons (Fsp3) is 0.357. The highest BCUT2D eigenvalue weighted by molar-refractivity contribution is 5.98. The summed E-state index contributed by atoms with van der Waals surface area (Å²) in [6, 6.07) is 19.5. The molecule has 3 aromatic carbocycles. The molecule has 0 spiro atoms. The van der Waals surface area contributed by atoms with Crippen molar-refractivity contribution >= 4 is 22.5 Å². The molecule has 178 valence electrons. The highest BCUT2D eigenvalue weighted by Crippen LogP contribution is 2.24. The summed E-state index contributed by atoms with van der Waals surface area (Å²) in [6.45, 7) is 2.45. The van der Waals surface area contributed by atoms with Crippen LogP contribution in [0.3, 0.4) is 0 Å². The summed E-state index contributed by atoms with van der Waals surface area (Å²) in [7, 11) is 5.13. The Morgan fingerprint density at radius 2 is 1.50 bits per heavy atom. The first-order valence-electron chi connectivity index (χ1n) is 11.7. The van der Waals surface area contributed by atoms with Crippen molar-refractivity contribution in [3.8, 4) is 11.5 Å². The lowest BCUT2D eigenvalue weighted by Gasteiger charge is -2.32. The van der Waals surface area contributed by atoms with Crippen LogP contribution in [0.25, 0.3) is 10.8 Å². The molecule has 1 fully saturated rings. The van der Waals surface area contributed by atoms with Gasteiger partial charge in [0.1, 0.15) is 11.5 Å². The predicted octanol–water partition coefficient (Wildman–Crippen LogP) is 4.41. The van der Waals surface area contributed by atoms with Crippen LogP contribution < -0.4 is 9.47 Å². The van der Waals surface area contributed by atoms with E-state index in [4.69, 9.17) is 9.47 Å². The van der Waals surface area contributed by atoms with Gasteiger partial charge >= 0.3 is 0 Å². The number of Topliss-reactive ketones (excluding diaryl/α,β-unsaturated/α-hetero) is 1. The summed E-state index contributed by atoms with van der Waals surface area (Å²) >= 11 is 0. The van der Waals surface area contributed by atoms with E-state index in [1.54, 1.807) is 19.1 Å². The molecule has 6 heteroatoms. The first kappa shape index (κ1) is 23.8. The van der Waals surface area contributed by atoms with Crippen LogP contribution >= 0.6 is 0 Å². The topological polar surface area (TPSA) is 59.1 Å². The maximum Gasteiger partial charge on any atom is 0.236 e. The summed E-state index contributed by atoms with van der Waals surface area (Å²) in [6.07, 6.45) is 1.55. The number of likely N-dealkylation sites (tertiary alicyclic amines) is 1. The number of benzene rings is 3. The zero-order chi connectivity index (χ0) is 24.1. The maximum absolute atomic E-state index is 12.8. The number of hydrogen-bond donors (Lipinski definition) is 0. The van der Waals surface area contributed by atoms with Gasteiger partial charge in [-0.05, 0) is 84.7 Å². The van der Waals surface area contributed by atoms with Crippen molar-refractivity contribution in [3.05, 3.63) is 71.8 Å². The Morgan fingerprint density at radius 1 is 0.882 bits per heavy atom. The van der Waals surface area contributed by atoms with E-state index in [1.807, 2.05) is 49.5 Å². The van der Waals surface area contributed by atoms with Gasteiger partial charge in [0, 0.05) is 25.1 Å². The third-order valence-corrected chi connectivity index (χ3v) is 6.65. The lowest BCUT2D eigenvalue weighted by molar-refractivity contribution is -0.131. The number of fused-ring (bicyclic) bond motifs is 1. The molecule has 1 saturated heterocycles. The van der Waals surface area contributed by atoms with E-state index in [9.17, 15) is 9.59 Å². The van der Waals surface area contributed by atoms with Crippen LogP contribution in [0.15, 0.2) is 60.7 Å². The van der Waals surface area contributed by atoms with Gasteiger partial charge in [-0.15, -0.1) is 0 Å². The number of ether oxygens (including phenoxy) is 2. The molecule has 0 N–H and O–H groups in total. The van der Waals surface area contributed by atoms with Crippen molar-refractivity contribution in [2.45, 2.75) is 19.4 Å². The fourth-order valence-corrected chi connectivity index (χ4v) is 4.52. The highest BCUT2D eigenvalue weighted by atomic mass is 16.5. The van der Waals surface area contributed by atoms with E-state index in [0.717, 1.165) is 59.3 Å². The van der Waals surface area contributed by atoms with Crippen molar-refractivity contribution in [2.24, 2.45) is 5.92 Å². The molecule has 1 aliphatic heterocycles. The molecule has 1 heterocycles. The van der Waals surface area contributed by atoms with Crippen LogP contribution in [0.1, 0.15) is 28.8 Å². The minimum Gasteiger partial charge on any atom is -0.497 e. The van der Waals surface area contributed by atoms with Gasteiger partial charge in [0.15, 0.2) is 5.78 Å². The van der Waals surface area contributed by atoms with Crippen LogP contribution in [0.5, 0.6) is 11.5 Å². The number of carbonyl (C=O) groups excluding carboxylic acids is 2. The second-order valence-electron chi connectivity index (χ2n) is 8.94. The average molecular weight is 461 g/mol. The maximum atomic E-state index is 12.8. The number of hydrogen-bond acceptors (Lipinski definition) is 5. The molecule has 0 aliphatic carbocycles. The standard InChI is InChI=1S/C28H32N2O4/c1-29(18-20-4-5-24-17-26(34-3)11-8-23(24)16-20)27(31)19-30-14-12-22(13-15-30)28(32)21-6-9-25(33-2)10-7-21/h4-11,16-17,22H,12-15,18-19H2,1-3H3. The summed E-state index contributed by atoms with van der Waals surface area (Å²) < 4.78 is 10.5. The Balaban J connectivity index is 1.27. The monoisotopic (exact) mass is 460 g/mol. The zero-order valence-corrected chi connectivity index (χ0v) is 20.1. The molecule has 0 bridgehead atoms. The second kappa shape index (κ2) is 10.7. The van der Waals surface area contributed by atoms with Gasteiger partial charge in [-0.25, -0.2) is 0 Å². The number of methoxy groups -OCH3 is 2. The number of carbonyl (C=O) groups is 2. The minimum atomic E-state index is 0.00806. The zero-order valence-electron chi connectivity index (χ0n) is 20.1. The van der Waals surface area contributed by atoms with Crippen molar-refractivity contribution in [3.63, 3.8) is 0 Å². The van der Waals surface area contributed by atoms with Crippen molar-refractivity contribution in [2.75, 3.05) is 40.9 Å². The molecule has 3 aromatic rings. The quantitative estimate of drug-likeness (QED) is 0.466. The third kappa shape index (κ3) is 5.57. The smallest absolute Gasteiger partial charge is 0.236 e. The fourth-order valence-electron chi connectivity index (χ4n) is 4.52. The Morgan fingerprint density at radius 3 is 2.18 bits per heavy atom. The van der Waals surface area contributed by atoms with Crippen LogP contribution in [0.2, 0.25) is 0 Å². The van der Waals surface area contributed by atoms with E-state index in [0.29, 0.717) is 13.1 Å². The molecule has 4 rings (SSSR count). The summed E-state index contributed by atoms with van der Waals surface area (Å²) in [5.41, 5.74) is 1.82. The average Bonchev–Trinajstić information content (AvgIpc) is 2.88. The minimum absolute atomic E-state index is 0.00806. The number of likely N-dealkylation sites (N-methyl/N-ethyl adjacent to an activating group) is 1. The number of amides is 1. The summed E-state index contributed by atoms with van der Waals surface area (Å²) in [4.78, 5) is 29.6. The van der Waals surface area contributed by atoms with Crippen LogP contribution in [-0.4, -0.2) is 62.4 Å². The van der Waals surface area contributed by atoms with Crippen molar-refractivity contribution in [1.82, 2.24) is 9.80 Å².